The number of carbonyl (C=O) groups is 2. The van der Waals surface area contributed by atoms with Crippen LogP contribution >= 0.6 is 11.6 Å². The molecular formula is C24H19ClN2O2. The molecule has 0 atom stereocenters. The van der Waals surface area contributed by atoms with Gasteiger partial charge in [-0.1, -0.05) is 60.2 Å². The number of carbonyl (C=O) groups excluding carboxylic acids is 2. The van der Waals surface area contributed by atoms with Gasteiger partial charge in [0.25, 0.3) is 0 Å². The van der Waals surface area contributed by atoms with Gasteiger partial charge in [0.15, 0.2) is 5.78 Å². The monoisotopic (exact) mass is 402 g/mol. The molecule has 0 radical (unpaired) electrons. The fourth-order valence-corrected chi connectivity index (χ4v) is 3.83. The number of urea groups is 1. The quantitative estimate of drug-likeness (QED) is 0.552. The molecule has 0 spiro atoms. The molecule has 2 amide bonds. The van der Waals surface area contributed by atoms with Crippen LogP contribution in [0.15, 0.2) is 60.7 Å². The minimum Gasteiger partial charge on any atom is -0.351 e. The van der Waals surface area contributed by atoms with Crippen LogP contribution in [0.2, 0.25) is 5.02 Å². The number of hydrogen-bond acceptors (Lipinski definition) is 2. The van der Waals surface area contributed by atoms with Gasteiger partial charge in [0.05, 0.1) is 12.2 Å². The lowest BCUT2D eigenvalue weighted by atomic mass is 9.93. The maximum Gasteiger partial charge on any atom is 0.319 e. The molecule has 4 nitrogen and oxygen atoms in total. The van der Waals surface area contributed by atoms with Crippen LogP contribution in [0.25, 0.3) is 23.3 Å². The molecule has 144 valence electrons. The van der Waals surface area contributed by atoms with Gasteiger partial charge in [0.1, 0.15) is 0 Å². The summed E-state index contributed by atoms with van der Waals surface area (Å²) in [6.45, 7) is 1.88. The van der Waals surface area contributed by atoms with Gasteiger partial charge >= 0.3 is 6.03 Å². The standard InChI is InChI=1S/C24H19ClN2O2/c1-15(28)21-4-2-3-5-22(21)17-8-6-16-7-9-18-13-20(25)10-11-23(18)27(24(26)29)14-19(16)12-17/h2-13H,14H2,1H3,(H2,26,29)/b9-7-. The predicted octanol–water partition coefficient (Wildman–Crippen LogP) is 5.78. The van der Waals surface area contributed by atoms with Gasteiger partial charge in [-0.2, -0.15) is 0 Å². The summed E-state index contributed by atoms with van der Waals surface area (Å²) in [6.07, 6.45) is 3.93. The first-order valence-electron chi connectivity index (χ1n) is 9.22. The fraction of sp³-hybridized carbons (Fsp3) is 0.0833. The Hall–Kier alpha value is -3.37. The summed E-state index contributed by atoms with van der Waals surface area (Å²) in [4.78, 5) is 25.8. The molecule has 3 aromatic rings. The molecule has 0 saturated carbocycles. The van der Waals surface area contributed by atoms with Crippen LogP contribution in [0.3, 0.4) is 0 Å². The van der Waals surface area contributed by atoms with E-state index in [1.54, 1.807) is 19.1 Å². The van der Waals surface area contributed by atoms with Gasteiger partial charge in [-0.25, -0.2) is 4.79 Å². The fourth-order valence-electron chi connectivity index (χ4n) is 3.65. The molecule has 3 aromatic carbocycles. The second-order valence-electron chi connectivity index (χ2n) is 6.98. The van der Waals surface area contributed by atoms with Gasteiger partial charge in [-0.05, 0) is 59.0 Å². The van der Waals surface area contributed by atoms with E-state index in [-0.39, 0.29) is 5.78 Å². The Labute approximate surface area is 174 Å². The first-order valence-corrected chi connectivity index (χ1v) is 9.59. The number of nitrogens with zero attached hydrogens (tertiary/aromatic N) is 1. The average Bonchev–Trinajstić information content (AvgIpc) is 2.69. The molecule has 0 unspecified atom stereocenters. The Kier molecular flexibility index (Phi) is 4.95. The molecule has 1 aliphatic rings. The molecule has 0 aromatic heterocycles. The summed E-state index contributed by atoms with van der Waals surface area (Å²) >= 11 is 6.13. The van der Waals surface area contributed by atoms with E-state index in [1.165, 1.54) is 4.90 Å². The lowest BCUT2D eigenvalue weighted by Gasteiger charge is -2.26. The number of halogens is 1. The summed E-state index contributed by atoms with van der Waals surface area (Å²) in [5.74, 6) is 0.0109. The van der Waals surface area contributed by atoms with E-state index in [9.17, 15) is 9.59 Å². The minimum atomic E-state index is -0.538. The molecule has 1 heterocycles. The topological polar surface area (TPSA) is 63.4 Å². The first-order chi connectivity index (χ1) is 13.9. The van der Waals surface area contributed by atoms with Crippen molar-refractivity contribution in [2.75, 3.05) is 4.90 Å². The predicted molar refractivity (Wildman–Crippen MR) is 118 cm³/mol. The normalized spacial score (nSPS) is 13.7. The maximum atomic E-state index is 12.2. The van der Waals surface area contributed by atoms with E-state index in [0.29, 0.717) is 22.8 Å². The van der Waals surface area contributed by atoms with E-state index in [4.69, 9.17) is 17.3 Å². The lowest BCUT2D eigenvalue weighted by Crippen LogP contribution is -2.36. The molecular weight excluding hydrogens is 384 g/mol. The minimum absolute atomic E-state index is 0.0109. The van der Waals surface area contributed by atoms with Crippen molar-refractivity contribution in [3.05, 3.63) is 87.9 Å². The molecule has 2 N–H and O–H groups in total. The SMILES string of the molecule is CC(=O)c1ccccc1-c1ccc2c(c1)CN(C(N)=O)c1ccc(Cl)cc1/C=C\2. The van der Waals surface area contributed by atoms with Crippen molar-refractivity contribution in [1.82, 2.24) is 0 Å². The van der Waals surface area contributed by atoms with Gasteiger partial charge in [0, 0.05) is 10.6 Å². The van der Waals surface area contributed by atoms with Crippen molar-refractivity contribution in [1.29, 1.82) is 0 Å². The number of fused-ring (bicyclic) bond motifs is 2. The number of hydrogen-bond donors (Lipinski definition) is 1. The third kappa shape index (κ3) is 3.67. The second kappa shape index (κ2) is 7.57. The number of rotatable bonds is 2. The Bertz CT molecular complexity index is 1170. The Balaban J connectivity index is 1.86. The van der Waals surface area contributed by atoms with Crippen LogP contribution in [0, 0.1) is 0 Å². The molecule has 29 heavy (non-hydrogen) atoms. The third-order valence-electron chi connectivity index (χ3n) is 5.08. The van der Waals surface area contributed by atoms with Gasteiger partial charge in [0.2, 0.25) is 0 Å². The average molecular weight is 403 g/mol. The van der Waals surface area contributed by atoms with E-state index in [2.05, 4.69) is 0 Å². The lowest BCUT2D eigenvalue weighted by molar-refractivity contribution is 0.101. The summed E-state index contributed by atoms with van der Waals surface area (Å²) in [6, 6.07) is 18.3. The highest BCUT2D eigenvalue weighted by Crippen LogP contribution is 2.33. The number of primary amides is 1. The van der Waals surface area contributed by atoms with Crippen molar-refractivity contribution in [3.8, 4) is 11.1 Å². The highest BCUT2D eigenvalue weighted by Gasteiger charge is 2.20. The van der Waals surface area contributed by atoms with Crippen molar-refractivity contribution >= 4 is 41.3 Å². The third-order valence-corrected chi connectivity index (χ3v) is 5.31. The zero-order valence-electron chi connectivity index (χ0n) is 15.9. The van der Waals surface area contributed by atoms with Gasteiger partial charge < -0.3 is 5.73 Å². The van der Waals surface area contributed by atoms with Crippen LogP contribution in [-0.4, -0.2) is 11.8 Å². The summed E-state index contributed by atoms with van der Waals surface area (Å²) < 4.78 is 0. The van der Waals surface area contributed by atoms with Crippen LogP contribution in [-0.2, 0) is 6.54 Å². The van der Waals surface area contributed by atoms with Crippen LogP contribution in [0.5, 0.6) is 0 Å². The van der Waals surface area contributed by atoms with Gasteiger partial charge in [-0.3, -0.25) is 9.69 Å². The Morgan fingerprint density at radius 3 is 2.48 bits per heavy atom. The van der Waals surface area contributed by atoms with Crippen molar-refractivity contribution in [2.45, 2.75) is 13.5 Å². The van der Waals surface area contributed by atoms with Crippen LogP contribution in [0.1, 0.15) is 34.0 Å². The Morgan fingerprint density at radius 1 is 0.966 bits per heavy atom. The number of Topliss-reactive ketones (excluding diaryl/α,β-unsaturated/α-hetero) is 1. The van der Waals surface area contributed by atoms with E-state index in [0.717, 1.165) is 27.8 Å². The van der Waals surface area contributed by atoms with E-state index >= 15 is 0 Å². The van der Waals surface area contributed by atoms with Crippen molar-refractivity contribution < 1.29 is 9.59 Å². The van der Waals surface area contributed by atoms with Crippen LogP contribution < -0.4 is 10.6 Å². The molecule has 1 aliphatic heterocycles. The van der Waals surface area contributed by atoms with E-state index < -0.39 is 6.03 Å². The number of amides is 2. The zero-order chi connectivity index (χ0) is 20.5. The van der Waals surface area contributed by atoms with E-state index in [1.807, 2.05) is 60.7 Å². The number of nitrogens with two attached hydrogens (primary N) is 1. The van der Waals surface area contributed by atoms with Crippen molar-refractivity contribution in [3.63, 3.8) is 0 Å². The molecule has 0 bridgehead atoms. The summed E-state index contributed by atoms with van der Waals surface area (Å²) in [5, 5.41) is 0.592. The molecule has 0 saturated heterocycles. The molecule has 4 rings (SSSR count). The number of ketones is 1. The summed E-state index contributed by atoms with van der Waals surface area (Å²) in [5.41, 5.74) is 11.6. The zero-order valence-corrected chi connectivity index (χ0v) is 16.6. The second-order valence-corrected chi connectivity index (χ2v) is 7.41. The largest absolute Gasteiger partial charge is 0.351 e. The molecule has 0 aliphatic carbocycles. The molecule has 5 heteroatoms. The Morgan fingerprint density at radius 2 is 1.72 bits per heavy atom. The number of anilines is 1. The van der Waals surface area contributed by atoms with Crippen molar-refractivity contribution in [2.24, 2.45) is 5.73 Å². The summed E-state index contributed by atoms with van der Waals surface area (Å²) in [7, 11) is 0. The smallest absolute Gasteiger partial charge is 0.319 e. The highest BCUT2D eigenvalue weighted by atomic mass is 35.5. The molecule has 0 fully saturated rings. The first kappa shape index (κ1) is 19.0. The number of benzene rings is 3. The van der Waals surface area contributed by atoms with Crippen LogP contribution in [0.4, 0.5) is 10.5 Å². The van der Waals surface area contributed by atoms with Gasteiger partial charge in [-0.15, -0.1) is 0 Å². The maximum absolute atomic E-state index is 12.2. The highest BCUT2D eigenvalue weighted by molar-refractivity contribution is 6.30.